The van der Waals surface area contributed by atoms with E-state index in [0.29, 0.717) is 0 Å². The van der Waals surface area contributed by atoms with Gasteiger partial charge in [0.05, 0.1) is 17.4 Å². The van der Waals surface area contributed by atoms with Crippen LogP contribution in [0.25, 0.3) is 0 Å². The van der Waals surface area contributed by atoms with Gasteiger partial charge in [-0.2, -0.15) is 0 Å². The lowest BCUT2D eigenvalue weighted by atomic mass is 9.98. The number of esters is 1. The predicted molar refractivity (Wildman–Crippen MR) is 67.0 cm³/mol. The van der Waals surface area contributed by atoms with Crippen molar-refractivity contribution in [1.82, 2.24) is 5.01 Å². The molecule has 0 aromatic rings. The molecule has 0 aliphatic rings. The van der Waals surface area contributed by atoms with E-state index in [9.17, 15) is 14.8 Å². The lowest BCUT2D eigenvalue weighted by molar-refractivity contribution is -0.718. The zero-order valence-corrected chi connectivity index (χ0v) is 12.5. The normalized spacial score (nSPS) is 12.8. The van der Waals surface area contributed by atoms with Crippen molar-refractivity contribution in [2.45, 2.75) is 40.2 Å². The monoisotopic (exact) mass is 291 g/mol. The summed E-state index contributed by atoms with van der Waals surface area (Å²) < 4.78 is 4.71. The molecule has 9 heteroatoms. The highest BCUT2D eigenvalue weighted by molar-refractivity contribution is 5.77. The third kappa shape index (κ3) is 4.90. The Hall–Kier alpha value is -2.06. The summed E-state index contributed by atoms with van der Waals surface area (Å²) in [6, 6.07) is 0. The van der Waals surface area contributed by atoms with E-state index in [-0.39, 0.29) is 4.97 Å². The van der Waals surface area contributed by atoms with E-state index in [0.717, 1.165) is 5.01 Å². The number of carboxylic acids is 1. The molecular formula is C11H21N3O6. The third-order valence-electron chi connectivity index (χ3n) is 2.57. The topological polar surface area (TPSA) is 115 Å². The summed E-state index contributed by atoms with van der Waals surface area (Å²) in [6.07, 6.45) is 0. The summed E-state index contributed by atoms with van der Waals surface area (Å²) in [5.74, 6) is -1.71. The number of aliphatic carboxylic acids is 1. The van der Waals surface area contributed by atoms with Crippen molar-refractivity contribution in [3.63, 3.8) is 0 Å². The molecule has 0 aliphatic heterocycles. The molecule has 0 radical (unpaired) electrons. The Labute approximate surface area is 117 Å². The molecule has 0 spiro atoms. The summed E-state index contributed by atoms with van der Waals surface area (Å²) in [5.41, 5.74) is -2.15. The summed E-state index contributed by atoms with van der Waals surface area (Å²) >= 11 is 0. The van der Waals surface area contributed by atoms with Crippen LogP contribution in [0.2, 0.25) is 0 Å². The molecule has 0 unspecified atom stereocenters. The fourth-order valence-corrected chi connectivity index (χ4v) is 0.776. The van der Waals surface area contributed by atoms with Crippen LogP contribution in [0.4, 0.5) is 0 Å². The number of hydrazine groups is 1. The number of ether oxygens (including phenoxy) is 1. The second-order valence-electron chi connectivity index (χ2n) is 5.65. The largest absolute Gasteiger partial charge is 0.569 e. The highest BCUT2D eigenvalue weighted by atomic mass is 16.8. The Morgan fingerprint density at radius 3 is 2.20 bits per heavy atom. The van der Waals surface area contributed by atoms with Gasteiger partial charge in [-0.1, -0.05) is 0 Å². The van der Waals surface area contributed by atoms with Crippen molar-refractivity contribution in [2.75, 3.05) is 13.8 Å². The number of rotatable bonds is 6. The maximum atomic E-state index is 11.5. The highest BCUT2D eigenvalue weighted by Crippen LogP contribution is 2.15. The molecule has 0 aromatic carbocycles. The van der Waals surface area contributed by atoms with Crippen molar-refractivity contribution in [3.05, 3.63) is 5.21 Å². The van der Waals surface area contributed by atoms with Crippen LogP contribution in [-0.4, -0.2) is 46.4 Å². The van der Waals surface area contributed by atoms with Crippen LogP contribution in [-0.2, 0) is 19.2 Å². The first kappa shape index (κ1) is 17.9. The molecule has 0 aliphatic carbocycles. The molecule has 0 atom stereocenters. The zero-order chi connectivity index (χ0) is 16.1. The number of nitrogens with zero attached hydrogens (tertiary/aromatic N) is 3. The minimum atomic E-state index is -1.46. The molecule has 0 aromatic heterocycles. The minimum absolute atomic E-state index is 0.0287. The SMILES string of the molecule is CN(/[N+]([O-])=N/OCOC(=O)C(C)(C)C)C(C)(C)C(=O)O. The van der Waals surface area contributed by atoms with Crippen LogP contribution in [0.1, 0.15) is 34.6 Å². The van der Waals surface area contributed by atoms with Crippen molar-refractivity contribution >= 4 is 11.9 Å². The predicted octanol–water partition coefficient (Wildman–Crippen LogP) is 1.14. The van der Waals surface area contributed by atoms with Gasteiger partial charge in [0, 0.05) is 0 Å². The average Bonchev–Trinajstić information content (AvgIpc) is 2.31. The van der Waals surface area contributed by atoms with Gasteiger partial charge in [0.15, 0.2) is 5.54 Å². The van der Waals surface area contributed by atoms with Crippen molar-refractivity contribution in [3.8, 4) is 0 Å². The van der Waals surface area contributed by atoms with Crippen LogP contribution in [0.5, 0.6) is 0 Å². The smallest absolute Gasteiger partial charge is 0.334 e. The Morgan fingerprint density at radius 2 is 1.80 bits per heavy atom. The van der Waals surface area contributed by atoms with Gasteiger partial charge >= 0.3 is 11.9 Å². The van der Waals surface area contributed by atoms with Crippen LogP contribution < -0.4 is 0 Å². The van der Waals surface area contributed by atoms with E-state index in [1.165, 1.54) is 20.9 Å². The second-order valence-corrected chi connectivity index (χ2v) is 5.65. The molecule has 116 valence electrons. The van der Waals surface area contributed by atoms with E-state index >= 15 is 0 Å². The van der Waals surface area contributed by atoms with Crippen LogP contribution in [0, 0.1) is 10.6 Å². The van der Waals surface area contributed by atoms with Gasteiger partial charge in [-0.05, 0) is 34.6 Å². The number of hydrogen-bond acceptors (Lipinski definition) is 6. The van der Waals surface area contributed by atoms with Gasteiger partial charge in [-0.15, -0.1) is 5.01 Å². The Kier molecular flexibility index (Phi) is 5.74. The van der Waals surface area contributed by atoms with Gasteiger partial charge in [0.2, 0.25) is 5.28 Å². The van der Waals surface area contributed by atoms with E-state index in [1.807, 2.05) is 0 Å². The van der Waals surface area contributed by atoms with E-state index < -0.39 is 29.7 Å². The number of hydrogen-bond donors (Lipinski definition) is 1. The average molecular weight is 291 g/mol. The third-order valence-corrected chi connectivity index (χ3v) is 2.57. The second kappa shape index (κ2) is 6.40. The number of carbonyl (C=O) groups is 2. The number of carbonyl (C=O) groups excluding carboxylic acids is 1. The molecule has 0 rings (SSSR count). The molecule has 0 bridgehead atoms. The molecule has 0 saturated carbocycles. The quantitative estimate of drug-likeness (QED) is 0.195. The van der Waals surface area contributed by atoms with Gasteiger partial charge in [0.25, 0.3) is 6.79 Å². The van der Waals surface area contributed by atoms with Crippen molar-refractivity contribution < 1.29 is 29.2 Å². The Morgan fingerprint density at radius 1 is 1.30 bits per heavy atom. The molecular weight excluding hydrogens is 270 g/mol. The molecule has 1 N–H and O–H groups in total. The minimum Gasteiger partial charge on any atom is -0.569 e. The standard InChI is InChI=1S/C11H21N3O6/c1-10(2,3)9(17)19-7-20-12-14(18)13(6)11(4,5)8(15)16/h7H2,1-6H3,(H,15,16)/b14-12-. The Balaban J connectivity index is 4.42. The van der Waals surface area contributed by atoms with E-state index in [1.54, 1.807) is 20.8 Å². The van der Waals surface area contributed by atoms with Crippen molar-refractivity contribution in [1.29, 1.82) is 0 Å². The molecule has 0 amide bonds. The van der Waals surface area contributed by atoms with E-state index in [4.69, 9.17) is 9.84 Å². The summed E-state index contributed by atoms with van der Waals surface area (Å²) in [4.78, 5) is 26.8. The summed E-state index contributed by atoms with van der Waals surface area (Å²) in [6.45, 7) is 7.11. The summed E-state index contributed by atoms with van der Waals surface area (Å²) in [5, 5.41) is 24.3. The first-order valence-electron chi connectivity index (χ1n) is 5.85. The first-order chi connectivity index (χ1) is 8.90. The van der Waals surface area contributed by atoms with Gasteiger partial charge in [-0.25, -0.2) is 4.79 Å². The molecule has 0 saturated heterocycles. The molecule has 9 nitrogen and oxygen atoms in total. The number of carboxylic acid groups (broad SMARTS) is 1. The van der Waals surface area contributed by atoms with Crippen LogP contribution in [0.15, 0.2) is 5.28 Å². The maximum Gasteiger partial charge on any atom is 0.334 e. The first-order valence-corrected chi connectivity index (χ1v) is 5.85. The molecule has 0 heterocycles. The number of likely N-dealkylation sites (N-methyl/N-ethyl adjacent to an activating group) is 1. The fraction of sp³-hybridized carbons (Fsp3) is 0.818. The Bertz CT molecular complexity index is 399. The lowest BCUT2D eigenvalue weighted by Gasteiger charge is -2.26. The van der Waals surface area contributed by atoms with Crippen LogP contribution in [0.3, 0.4) is 0 Å². The van der Waals surface area contributed by atoms with Gasteiger partial charge in [-0.3, -0.25) is 4.79 Å². The summed E-state index contributed by atoms with van der Waals surface area (Å²) in [7, 11) is 1.25. The van der Waals surface area contributed by atoms with Crippen molar-refractivity contribution in [2.24, 2.45) is 10.7 Å². The van der Waals surface area contributed by atoms with Gasteiger partial charge in [0.1, 0.15) is 0 Å². The van der Waals surface area contributed by atoms with E-state index in [2.05, 4.69) is 10.1 Å². The lowest BCUT2D eigenvalue weighted by Crippen LogP contribution is -2.50. The van der Waals surface area contributed by atoms with Gasteiger partial charge < -0.3 is 19.9 Å². The van der Waals surface area contributed by atoms with Crippen LogP contribution >= 0.6 is 0 Å². The highest BCUT2D eigenvalue weighted by Gasteiger charge is 2.38. The molecule has 0 fully saturated rings. The zero-order valence-electron chi connectivity index (χ0n) is 12.5. The fourth-order valence-electron chi connectivity index (χ4n) is 0.776. The maximum absolute atomic E-state index is 11.5. The molecule has 20 heavy (non-hydrogen) atoms.